The van der Waals surface area contributed by atoms with Gasteiger partial charge in [-0.05, 0) is 56.9 Å². The van der Waals surface area contributed by atoms with Crippen LogP contribution in [0.2, 0.25) is 10.0 Å². The molecule has 8 nitrogen and oxygen atoms in total. The molecule has 0 bridgehead atoms. The smallest absolute Gasteiger partial charge is 0.360 e. The molecular formula is C25H25Cl2FN6O2. The van der Waals surface area contributed by atoms with Crippen molar-refractivity contribution in [2.45, 2.75) is 50.8 Å². The Bertz CT molecular complexity index is 1490. The van der Waals surface area contributed by atoms with E-state index in [4.69, 9.17) is 28.0 Å². The van der Waals surface area contributed by atoms with Gasteiger partial charge >= 0.3 is 5.69 Å². The summed E-state index contributed by atoms with van der Waals surface area (Å²) in [7, 11) is 0. The summed E-state index contributed by atoms with van der Waals surface area (Å²) < 4.78 is 17.1. The molecule has 36 heavy (non-hydrogen) atoms. The van der Waals surface area contributed by atoms with E-state index >= 15 is 0 Å². The van der Waals surface area contributed by atoms with Crippen molar-refractivity contribution in [1.29, 1.82) is 0 Å². The number of aromatic nitrogens is 5. The van der Waals surface area contributed by atoms with E-state index < -0.39 is 17.6 Å². The third-order valence-corrected chi connectivity index (χ3v) is 7.80. The third kappa shape index (κ3) is 4.29. The lowest BCUT2D eigenvalue weighted by Crippen LogP contribution is -2.36. The second-order valence-corrected chi connectivity index (χ2v) is 10.3. The molecule has 1 aliphatic heterocycles. The zero-order valence-electron chi connectivity index (χ0n) is 19.6. The Morgan fingerprint density at radius 3 is 2.64 bits per heavy atom. The number of piperidine rings is 1. The van der Waals surface area contributed by atoms with Crippen LogP contribution in [-0.2, 0) is 0 Å². The Hall–Kier alpha value is -2.88. The summed E-state index contributed by atoms with van der Waals surface area (Å²) in [4.78, 5) is 28.4. The standard InChI is InChI=1S/C25H25Cl2FN6O2/c1-14(22-18(26)4-5-19(28)23(22)27)36-34-21-7-6-20(30-24(21)31-25(34)35)15-12-29-33(13-15)17-8-10-32(11-9-17)16-2-3-16/h4-7,12-14,16-17H,2-3,8-11H2,1H3,(H,30,31,35). The number of nitrogens with zero attached hydrogens (tertiary/aromatic N) is 5. The van der Waals surface area contributed by atoms with E-state index in [1.54, 1.807) is 13.0 Å². The molecule has 0 spiro atoms. The Balaban J connectivity index is 1.22. The lowest BCUT2D eigenvalue weighted by Gasteiger charge is -2.32. The lowest BCUT2D eigenvalue weighted by atomic mass is 10.1. The highest BCUT2D eigenvalue weighted by Crippen LogP contribution is 2.34. The first kappa shape index (κ1) is 23.5. The molecule has 1 aromatic carbocycles. The van der Waals surface area contributed by atoms with Crippen LogP contribution < -0.4 is 10.5 Å². The van der Waals surface area contributed by atoms with Gasteiger partial charge in [0.2, 0.25) is 0 Å². The van der Waals surface area contributed by atoms with Gasteiger partial charge in [0.15, 0.2) is 11.8 Å². The van der Waals surface area contributed by atoms with Crippen LogP contribution in [-0.4, -0.2) is 48.5 Å². The summed E-state index contributed by atoms with van der Waals surface area (Å²) in [5, 5.41) is 4.71. The monoisotopic (exact) mass is 530 g/mol. The van der Waals surface area contributed by atoms with Crippen molar-refractivity contribution in [2.75, 3.05) is 13.1 Å². The maximum Gasteiger partial charge on any atom is 0.360 e. The van der Waals surface area contributed by atoms with Gasteiger partial charge in [-0.25, -0.2) is 14.2 Å². The minimum Gasteiger partial charge on any atom is -0.401 e. The lowest BCUT2D eigenvalue weighted by molar-refractivity contribution is 0.0492. The van der Waals surface area contributed by atoms with Crippen molar-refractivity contribution < 1.29 is 9.23 Å². The van der Waals surface area contributed by atoms with Crippen LogP contribution in [0.15, 0.2) is 41.5 Å². The van der Waals surface area contributed by atoms with Crippen molar-refractivity contribution >= 4 is 34.4 Å². The van der Waals surface area contributed by atoms with Gasteiger partial charge in [-0.3, -0.25) is 9.67 Å². The number of nitrogens with one attached hydrogen (secondary N) is 1. The maximum atomic E-state index is 14.0. The van der Waals surface area contributed by atoms with Crippen molar-refractivity contribution in [2.24, 2.45) is 0 Å². The molecule has 2 fully saturated rings. The molecular weight excluding hydrogens is 506 g/mol. The van der Waals surface area contributed by atoms with Gasteiger partial charge in [0.25, 0.3) is 0 Å². The number of fused-ring (bicyclic) bond motifs is 1. The Morgan fingerprint density at radius 2 is 1.89 bits per heavy atom. The molecule has 11 heteroatoms. The van der Waals surface area contributed by atoms with Gasteiger partial charge in [0.1, 0.15) is 11.3 Å². The van der Waals surface area contributed by atoms with E-state index in [1.807, 2.05) is 23.1 Å². The van der Waals surface area contributed by atoms with E-state index in [0.29, 0.717) is 22.9 Å². The molecule has 0 amide bonds. The first-order valence-corrected chi connectivity index (χ1v) is 12.9. The topological polar surface area (TPSA) is 81.0 Å². The fourth-order valence-electron chi connectivity index (χ4n) is 4.99. The van der Waals surface area contributed by atoms with Gasteiger partial charge in [-0.2, -0.15) is 5.10 Å². The highest BCUT2D eigenvalue weighted by molar-refractivity contribution is 6.36. The van der Waals surface area contributed by atoms with Crippen molar-refractivity contribution in [3.05, 3.63) is 68.6 Å². The number of hydrogen-bond acceptors (Lipinski definition) is 5. The molecule has 3 aromatic heterocycles. The van der Waals surface area contributed by atoms with Crippen LogP contribution in [0.25, 0.3) is 22.4 Å². The van der Waals surface area contributed by atoms with Gasteiger partial charge in [0, 0.05) is 41.5 Å². The molecule has 1 saturated heterocycles. The third-order valence-electron chi connectivity index (χ3n) is 7.09. The van der Waals surface area contributed by atoms with Gasteiger partial charge in [-0.1, -0.05) is 23.2 Å². The number of aromatic amines is 1. The highest BCUT2D eigenvalue weighted by Gasteiger charge is 2.32. The second kappa shape index (κ2) is 9.21. The van der Waals surface area contributed by atoms with Gasteiger partial charge < -0.3 is 9.74 Å². The van der Waals surface area contributed by atoms with E-state index in [9.17, 15) is 9.18 Å². The van der Waals surface area contributed by atoms with Crippen molar-refractivity contribution in [3.8, 4) is 11.3 Å². The second-order valence-electron chi connectivity index (χ2n) is 9.50. The summed E-state index contributed by atoms with van der Waals surface area (Å²) in [5.74, 6) is -0.613. The molecule has 2 aliphatic rings. The molecule has 1 atom stereocenters. The SMILES string of the molecule is CC(On1c(=O)[nH]c2nc(-c3cnn(C4CCN(C5CC5)CC4)c3)ccc21)c1c(Cl)ccc(F)c1Cl. The molecule has 4 heterocycles. The number of rotatable bonds is 6. The average molecular weight is 531 g/mol. The fourth-order valence-corrected chi connectivity index (χ4v) is 5.66. The number of H-pyrrole nitrogens is 1. The Labute approximate surface area is 216 Å². The normalized spacial score (nSPS) is 18.1. The van der Waals surface area contributed by atoms with E-state index in [1.165, 1.54) is 25.0 Å². The van der Waals surface area contributed by atoms with Crippen molar-refractivity contribution in [1.82, 2.24) is 29.4 Å². The highest BCUT2D eigenvalue weighted by atomic mass is 35.5. The molecule has 1 aliphatic carbocycles. The number of imidazole rings is 1. The molecule has 1 unspecified atom stereocenters. The van der Waals surface area contributed by atoms with Crippen molar-refractivity contribution in [3.63, 3.8) is 0 Å². The number of pyridine rings is 1. The summed E-state index contributed by atoms with van der Waals surface area (Å²) in [6.45, 7) is 3.88. The zero-order chi connectivity index (χ0) is 25.0. The predicted octanol–water partition coefficient (Wildman–Crippen LogP) is 5.02. The molecule has 4 aromatic rings. The summed E-state index contributed by atoms with van der Waals surface area (Å²) in [6.07, 6.45) is 7.90. The van der Waals surface area contributed by atoms with Gasteiger partial charge in [0.05, 0.1) is 23.0 Å². The Morgan fingerprint density at radius 1 is 1.11 bits per heavy atom. The minimum atomic E-state index is -0.790. The van der Waals surface area contributed by atoms with E-state index in [-0.39, 0.29) is 15.6 Å². The maximum absolute atomic E-state index is 14.0. The summed E-state index contributed by atoms with van der Waals surface area (Å²) in [5.41, 5.74) is 2.14. The van der Waals surface area contributed by atoms with Crippen LogP contribution in [0.5, 0.6) is 0 Å². The van der Waals surface area contributed by atoms with Crippen LogP contribution in [0.3, 0.4) is 0 Å². The first-order valence-electron chi connectivity index (χ1n) is 12.1. The molecule has 1 N–H and O–H groups in total. The molecule has 188 valence electrons. The number of benzene rings is 1. The summed E-state index contributed by atoms with van der Waals surface area (Å²) in [6, 6.07) is 7.35. The summed E-state index contributed by atoms with van der Waals surface area (Å²) >= 11 is 12.3. The fraction of sp³-hybridized carbons (Fsp3) is 0.400. The Kier molecular flexibility index (Phi) is 6.02. The van der Waals surface area contributed by atoms with E-state index in [2.05, 4.69) is 20.0 Å². The largest absolute Gasteiger partial charge is 0.401 e. The van der Waals surface area contributed by atoms with Gasteiger partial charge in [-0.15, -0.1) is 4.73 Å². The number of halogens is 3. The van der Waals surface area contributed by atoms with Crippen LogP contribution in [0.1, 0.15) is 50.3 Å². The zero-order valence-corrected chi connectivity index (χ0v) is 21.1. The van der Waals surface area contributed by atoms with E-state index in [0.717, 1.165) is 42.3 Å². The minimum absolute atomic E-state index is 0.140. The first-order chi connectivity index (χ1) is 17.4. The predicted molar refractivity (Wildman–Crippen MR) is 136 cm³/mol. The molecule has 0 radical (unpaired) electrons. The quantitative estimate of drug-likeness (QED) is 0.354. The number of likely N-dealkylation sites (tertiary alicyclic amines) is 1. The molecule has 6 rings (SSSR count). The number of hydrogen-bond donors (Lipinski definition) is 1. The van der Waals surface area contributed by atoms with Crippen LogP contribution in [0.4, 0.5) is 4.39 Å². The average Bonchev–Trinajstić information content (AvgIpc) is 3.53. The van der Waals surface area contributed by atoms with Crippen LogP contribution in [0, 0.1) is 5.82 Å². The molecule has 1 saturated carbocycles. The van der Waals surface area contributed by atoms with Crippen LogP contribution >= 0.6 is 23.2 Å².